The van der Waals surface area contributed by atoms with Crippen LogP contribution in [0.3, 0.4) is 0 Å². The molecule has 0 aromatic heterocycles. The monoisotopic (exact) mass is 138 g/mol. The molecule has 0 aliphatic heterocycles. The van der Waals surface area contributed by atoms with Gasteiger partial charge in [0.2, 0.25) is 0 Å². The van der Waals surface area contributed by atoms with Gasteiger partial charge in [0.1, 0.15) is 6.10 Å². The number of hydrogen-bond acceptors (Lipinski definition) is 3. The first kappa shape index (κ1) is 16.5. The van der Waals surface area contributed by atoms with Crippen LogP contribution in [0.15, 0.2) is 0 Å². The van der Waals surface area contributed by atoms with Gasteiger partial charge in [-0.1, -0.05) is 0 Å². The van der Waals surface area contributed by atoms with Crippen LogP contribution in [0.1, 0.15) is 0 Å². The van der Waals surface area contributed by atoms with E-state index in [1.165, 1.54) is 0 Å². The van der Waals surface area contributed by atoms with Crippen LogP contribution in [0.5, 0.6) is 0 Å². The molecular formula is C3H8Na2O3. The molecule has 0 aromatic rings. The van der Waals surface area contributed by atoms with Crippen molar-refractivity contribution in [3.05, 3.63) is 0 Å². The summed E-state index contributed by atoms with van der Waals surface area (Å²) in [5.74, 6) is 0. The molecule has 3 N–H and O–H groups in total. The van der Waals surface area contributed by atoms with Gasteiger partial charge in [0.05, 0.1) is 13.2 Å². The van der Waals surface area contributed by atoms with Crippen molar-refractivity contribution in [1.29, 1.82) is 0 Å². The van der Waals surface area contributed by atoms with Crippen LogP contribution in [-0.4, -0.2) is 93.8 Å². The standard InChI is InChI=1S/C3H8O3.2Na/c4-1-3(6)2-5;;/h3-6H,1-2H2;;. The fraction of sp³-hybridized carbons (Fsp3) is 1.00. The minimum atomic E-state index is -0.954. The van der Waals surface area contributed by atoms with Gasteiger partial charge in [0.15, 0.2) is 0 Å². The van der Waals surface area contributed by atoms with Crippen molar-refractivity contribution in [2.24, 2.45) is 0 Å². The van der Waals surface area contributed by atoms with Gasteiger partial charge in [-0.25, -0.2) is 0 Å². The van der Waals surface area contributed by atoms with Crippen LogP contribution in [0.25, 0.3) is 0 Å². The average molecular weight is 138 g/mol. The SMILES string of the molecule is OCC(O)CO.[Na].[Na]. The zero-order valence-electron chi connectivity index (χ0n) is 5.33. The Labute approximate surface area is 92.7 Å². The summed E-state index contributed by atoms with van der Waals surface area (Å²) >= 11 is 0. The predicted octanol–water partition coefficient (Wildman–Crippen LogP) is -2.43. The van der Waals surface area contributed by atoms with Crippen molar-refractivity contribution < 1.29 is 15.3 Å². The zero-order valence-corrected chi connectivity index (χ0v) is 9.33. The van der Waals surface area contributed by atoms with Crippen molar-refractivity contribution in [3.63, 3.8) is 0 Å². The van der Waals surface area contributed by atoms with E-state index in [-0.39, 0.29) is 72.3 Å². The van der Waals surface area contributed by atoms with Gasteiger partial charge < -0.3 is 15.3 Å². The summed E-state index contributed by atoms with van der Waals surface area (Å²) < 4.78 is 0. The van der Waals surface area contributed by atoms with Crippen molar-refractivity contribution in [2.75, 3.05) is 13.2 Å². The van der Waals surface area contributed by atoms with E-state index in [1.54, 1.807) is 0 Å². The van der Waals surface area contributed by atoms with E-state index < -0.39 is 6.10 Å². The van der Waals surface area contributed by atoms with E-state index in [2.05, 4.69) is 0 Å². The van der Waals surface area contributed by atoms with Gasteiger partial charge in [-0.3, -0.25) is 0 Å². The van der Waals surface area contributed by atoms with Crippen LogP contribution in [0, 0.1) is 0 Å². The first-order valence-corrected chi connectivity index (χ1v) is 1.71. The van der Waals surface area contributed by atoms with Crippen molar-refractivity contribution >= 4 is 59.1 Å². The third-order valence-electron chi connectivity index (χ3n) is 0.421. The van der Waals surface area contributed by atoms with Crippen molar-refractivity contribution in [1.82, 2.24) is 0 Å². The molecule has 0 aliphatic carbocycles. The summed E-state index contributed by atoms with van der Waals surface area (Å²) in [4.78, 5) is 0. The Morgan fingerprint density at radius 2 is 1.25 bits per heavy atom. The molecule has 5 heteroatoms. The Morgan fingerprint density at radius 1 is 1.00 bits per heavy atom. The second-order valence-corrected chi connectivity index (χ2v) is 1.02. The fourth-order valence-corrected chi connectivity index (χ4v) is 0.0577. The van der Waals surface area contributed by atoms with Crippen LogP contribution in [0.4, 0.5) is 0 Å². The van der Waals surface area contributed by atoms with E-state index in [0.29, 0.717) is 0 Å². The molecule has 0 heterocycles. The first-order chi connectivity index (χ1) is 2.81. The van der Waals surface area contributed by atoms with E-state index in [4.69, 9.17) is 15.3 Å². The second kappa shape index (κ2) is 11.6. The molecule has 0 bridgehead atoms. The number of rotatable bonds is 2. The normalized spacial score (nSPS) is 7.50. The molecule has 8 heavy (non-hydrogen) atoms. The van der Waals surface area contributed by atoms with Gasteiger partial charge >= 0.3 is 0 Å². The first-order valence-electron chi connectivity index (χ1n) is 1.71. The Hall–Kier alpha value is 1.88. The van der Waals surface area contributed by atoms with E-state index in [0.717, 1.165) is 0 Å². The average Bonchev–Trinajstić information content (AvgIpc) is 1.65. The van der Waals surface area contributed by atoms with Crippen molar-refractivity contribution in [2.45, 2.75) is 6.10 Å². The van der Waals surface area contributed by atoms with Gasteiger partial charge in [-0.2, -0.15) is 0 Å². The topological polar surface area (TPSA) is 60.7 Å². The molecule has 3 nitrogen and oxygen atoms in total. The summed E-state index contributed by atoms with van der Waals surface area (Å²) in [6, 6.07) is 0. The molecule has 2 radical (unpaired) electrons. The molecule has 0 amide bonds. The van der Waals surface area contributed by atoms with Crippen LogP contribution < -0.4 is 0 Å². The Balaban J connectivity index is -0.000000125. The second-order valence-electron chi connectivity index (χ2n) is 1.02. The summed E-state index contributed by atoms with van der Waals surface area (Å²) in [7, 11) is 0. The zero-order chi connectivity index (χ0) is 4.99. The molecule has 0 saturated carbocycles. The molecule has 0 aliphatic rings. The smallest absolute Gasteiger partial charge is 0.100 e. The summed E-state index contributed by atoms with van der Waals surface area (Å²) in [5, 5.41) is 24.0. The van der Waals surface area contributed by atoms with E-state index in [1.807, 2.05) is 0 Å². The van der Waals surface area contributed by atoms with Crippen LogP contribution in [-0.2, 0) is 0 Å². The largest absolute Gasteiger partial charge is 0.394 e. The molecule has 0 saturated heterocycles. The third kappa shape index (κ3) is 10.8. The van der Waals surface area contributed by atoms with Crippen LogP contribution in [0.2, 0.25) is 0 Å². The molecule has 0 aromatic carbocycles. The molecule has 0 atom stereocenters. The van der Waals surface area contributed by atoms with Gasteiger partial charge in [-0.05, 0) is 0 Å². The quantitative estimate of drug-likeness (QED) is 0.372. The Morgan fingerprint density at radius 3 is 1.25 bits per heavy atom. The molecule has 0 fully saturated rings. The third-order valence-corrected chi connectivity index (χ3v) is 0.421. The maximum Gasteiger partial charge on any atom is 0.100 e. The fourth-order valence-electron chi connectivity index (χ4n) is 0.0577. The predicted molar refractivity (Wildman–Crippen MR) is 31.7 cm³/mol. The molecule has 0 spiro atoms. The Bertz CT molecular complexity index is 31.7. The number of aliphatic hydroxyl groups excluding tert-OH is 3. The maximum absolute atomic E-state index is 8.17. The molecular weight excluding hydrogens is 130 g/mol. The Kier molecular flexibility index (Phi) is 24.0. The van der Waals surface area contributed by atoms with E-state index in [9.17, 15) is 0 Å². The minimum Gasteiger partial charge on any atom is -0.394 e. The summed E-state index contributed by atoms with van der Waals surface area (Å²) in [6.45, 7) is -0.729. The van der Waals surface area contributed by atoms with Gasteiger partial charge in [0.25, 0.3) is 0 Å². The summed E-state index contributed by atoms with van der Waals surface area (Å²) in [6.07, 6.45) is -0.954. The minimum absolute atomic E-state index is 0. The summed E-state index contributed by atoms with van der Waals surface area (Å²) in [5.41, 5.74) is 0. The maximum atomic E-state index is 8.17. The van der Waals surface area contributed by atoms with E-state index >= 15 is 0 Å². The van der Waals surface area contributed by atoms with Gasteiger partial charge in [0, 0.05) is 59.1 Å². The van der Waals surface area contributed by atoms with Crippen LogP contribution >= 0.6 is 0 Å². The molecule has 40 valence electrons. The van der Waals surface area contributed by atoms with Crippen molar-refractivity contribution in [3.8, 4) is 0 Å². The number of aliphatic hydroxyl groups is 3. The molecule has 0 rings (SSSR count). The molecule has 0 unspecified atom stereocenters. The van der Waals surface area contributed by atoms with Gasteiger partial charge in [-0.15, -0.1) is 0 Å². The number of hydrogen-bond donors (Lipinski definition) is 3.